The van der Waals surface area contributed by atoms with E-state index in [0.717, 1.165) is 56.6 Å². The van der Waals surface area contributed by atoms with E-state index < -0.39 is 0 Å². The van der Waals surface area contributed by atoms with Gasteiger partial charge in [-0.3, -0.25) is 4.90 Å². The van der Waals surface area contributed by atoms with Gasteiger partial charge in [0.2, 0.25) is 0 Å². The number of methoxy groups -OCH3 is 1. The number of aromatic nitrogens is 1. The number of anilines is 1. The largest absolute Gasteiger partial charge is 0.384 e. The van der Waals surface area contributed by atoms with Gasteiger partial charge < -0.3 is 14.8 Å². The van der Waals surface area contributed by atoms with Gasteiger partial charge in [-0.05, 0) is 11.1 Å². The lowest BCUT2D eigenvalue weighted by Crippen LogP contribution is -2.35. The fourth-order valence-corrected chi connectivity index (χ4v) is 3.51. The van der Waals surface area contributed by atoms with E-state index in [0.29, 0.717) is 6.61 Å². The Balaban J connectivity index is 1.57. The first-order chi connectivity index (χ1) is 11.8. The first-order valence-corrected chi connectivity index (χ1v) is 9.27. The highest BCUT2D eigenvalue weighted by molar-refractivity contribution is 7.13. The second kappa shape index (κ2) is 9.13. The molecule has 1 saturated heterocycles. The molecule has 0 atom stereocenters. The normalized spacial score (nSPS) is 15.5. The smallest absolute Gasteiger partial charge is 0.183 e. The van der Waals surface area contributed by atoms with Crippen molar-refractivity contribution in [1.29, 1.82) is 0 Å². The molecule has 0 bridgehead atoms. The molecule has 1 fully saturated rings. The molecule has 130 valence electrons. The molecule has 1 N–H and O–H groups in total. The van der Waals surface area contributed by atoms with E-state index in [1.807, 2.05) is 0 Å². The van der Waals surface area contributed by atoms with Crippen molar-refractivity contribution < 1.29 is 9.47 Å². The van der Waals surface area contributed by atoms with Crippen LogP contribution in [0.3, 0.4) is 0 Å². The maximum absolute atomic E-state index is 5.43. The number of benzene rings is 1. The average molecular weight is 347 g/mol. The molecule has 0 spiro atoms. The summed E-state index contributed by atoms with van der Waals surface area (Å²) in [5.41, 5.74) is 3.80. The van der Waals surface area contributed by atoms with E-state index in [2.05, 4.69) is 44.8 Å². The zero-order chi connectivity index (χ0) is 16.6. The number of hydrogen-bond donors (Lipinski definition) is 1. The van der Waals surface area contributed by atoms with Crippen molar-refractivity contribution in [2.24, 2.45) is 0 Å². The van der Waals surface area contributed by atoms with E-state index in [-0.39, 0.29) is 0 Å². The summed E-state index contributed by atoms with van der Waals surface area (Å²) in [5.74, 6) is 0. The Morgan fingerprint density at radius 2 is 2.04 bits per heavy atom. The highest BCUT2D eigenvalue weighted by atomic mass is 32.1. The number of morpholine rings is 1. The first kappa shape index (κ1) is 17.4. The monoisotopic (exact) mass is 347 g/mol. The lowest BCUT2D eigenvalue weighted by molar-refractivity contribution is 0.0341. The lowest BCUT2D eigenvalue weighted by Gasteiger charge is -2.27. The predicted molar refractivity (Wildman–Crippen MR) is 97.6 cm³/mol. The van der Waals surface area contributed by atoms with Gasteiger partial charge in [0.05, 0.1) is 25.5 Å². The van der Waals surface area contributed by atoms with Crippen molar-refractivity contribution in [3.05, 3.63) is 46.5 Å². The number of thiazole rings is 1. The Bertz CT molecular complexity index is 626. The maximum Gasteiger partial charge on any atom is 0.183 e. The van der Waals surface area contributed by atoms with Gasteiger partial charge in [-0.25, -0.2) is 4.98 Å². The van der Waals surface area contributed by atoms with Crippen molar-refractivity contribution in [3.8, 4) is 0 Å². The minimum Gasteiger partial charge on any atom is -0.384 e. The third-order valence-electron chi connectivity index (χ3n) is 4.16. The van der Waals surface area contributed by atoms with Crippen LogP contribution in [0.5, 0.6) is 0 Å². The molecule has 0 aliphatic carbocycles. The van der Waals surface area contributed by atoms with Gasteiger partial charge in [0, 0.05) is 45.1 Å². The van der Waals surface area contributed by atoms with E-state index in [9.17, 15) is 0 Å². The zero-order valence-electron chi connectivity index (χ0n) is 14.2. The first-order valence-electron chi connectivity index (χ1n) is 8.39. The number of rotatable bonds is 8. The summed E-state index contributed by atoms with van der Waals surface area (Å²) in [6.07, 6.45) is 0.863. The third kappa shape index (κ3) is 5.01. The van der Waals surface area contributed by atoms with Gasteiger partial charge >= 0.3 is 0 Å². The molecule has 0 unspecified atom stereocenters. The number of ether oxygens (including phenoxy) is 2. The Labute approximate surface area is 147 Å². The fraction of sp³-hybridized carbons (Fsp3) is 0.500. The summed E-state index contributed by atoms with van der Waals surface area (Å²) < 4.78 is 10.5. The average Bonchev–Trinajstić information content (AvgIpc) is 3.08. The van der Waals surface area contributed by atoms with Crippen molar-refractivity contribution in [1.82, 2.24) is 9.88 Å². The van der Waals surface area contributed by atoms with Crippen LogP contribution in [-0.4, -0.2) is 49.9 Å². The minimum absolute atomic E-state index is 0.714. The van der Waals surface area contributed by atoms with Gasteiger partial charge in [-0.1, -0.05) is 24.3 Å². The highest BCUT2D eigenvalue weighted by Gasteiger charge is 2.12. The second-order valence-electron chi connectivity index (χ2n) is 5.90. The number of nitrogens with one attached hydrogen (secondary N) is 1. The molecule has 1 aliphatic rings. The van der Waals surface area contributed by atoms with Crippen molar-refractivity contribution >= 4 is 16.5 Å². The van der Waals surface area contributed by atoms with Gasteiger partial charge in [0.25, 0.3) is 0 Å². The van der Waals surface area contributed by atoms with E-state index in [1.54, 1.807) is 18.4 Å². The summed E-state index contributed by atoms with van der Waals surface area (Å²) in [5, 5.41) is 6.53. The summed E-state index contributed by atoms with van der Waals surface area (Å²) in [4.78, 5) is 7.06. The van der Waals surface area contributed by atoms with Crippen LogP contribution >= 0.6 is 11.3 Å². The number of hydrogen-bond acceptors (Lipinski definition) is 6. The Hall–Kier alpha value is -1.47. The number of nitrogens with zero attached hydrogens (tertiary/aromatic N) is 2. The van der Waals surface area contributed by atoms with Crippen LogP contribution in [0.4, 0.5) is 5.13 Å². The maximum atomic E-state index is 5.43. The van der Waals surface area contributed by atoms with Crippen molar-refractivity contribution in [3.63, 3.8) is 0 Å². The van der Waals surface area contributed by atoms with Crippen LogP contribution in [-0.2, 0) is 29.0 Å². The van der Waals surface area contributed by atoms with Crippen LogP contribution in [0.25, 0.3) is 0 Å². The predicted octanol–water partition coefficient (Wildman–Crippen LogP) is 2.78. The molecule has 5 nitrogen and oxygen atoms in total. The fourth-order valence-electron chi connectivity index (χ4n) is 2.76. The van der Waals surface area contributed by atoms with Crippen LogP contribution in [0.15, 0.2) is 29.6 Å². The zero-order valence-corrected chi connectivity index (χ0v) is 15.0. The molecular weight excluding hydrogens is 322 g/mol. The second-order valence-corrected chi connectivity index (χ2v) is 6.76. The van der Waals surface area contributed by atoms with E-state index in [4.69, 9.17) is 9.47 Å². The molecule has 3 rings (SSSR count). The lowest BCUT2D eigenvalue weighted by atomic mass is 10.1. The summed E-state index contributed by atoms with van der Waals surface area (Å²) >= 11 is 1.66. The molecule has 2 heterocycles. The topological polar surface area (TPSA) is 46.6 Å². The van der Waals surface area contributed by atoms with Crippen LogP contribution in [0.2, 0.25) is 0 Å². The molecular formula is C18H25N3O2S. The standard InChI is InChI=1S/C18H25N3O2S/c1-22-9-6-17-14-24-18(20-17)19-12-15-4-2-3-5-16(15)13-21-7-10-23-11-8-21/h2-5,14H,6-13H2,1H3,(H,19,20). The molecule has 1 aliphatic heterocycles. The van der Waals surface area contributed by atoms with E-state index in [1.165, 1.54) is 11.1 Å². The third-order valence-corrected chi connectivity index (χ3v) is 5.01. The van der Waals surface area contributed by atoms with Crippen molar-refractivity contribution in [2.75, 3.05) is 45.3 Å². The van der Waals surface area contributed by atoms with Gasteiger partial charge in [0.15, 0.2) is 5.13 Å². The molecule has 24 heavy (non-hydrogen) atoms. The van der Waals surface area contributed by atoms with Crippen molar-refractivity contribution in [2.45, 2.75) is 19.5 Å². The van der Waals surface area contributed by atoms with Gasteiger partial charge in [-0.2, -0.15) is 0 Å². The molecule has 6 heteroatoms. The van der Waals surface area contributed by atoms with Gasteiger partial charge in [0.1, 0.15) is 0 Å². The van der Waals surface area contributed by atoms with Crippen LogP contribution in [0.1, 0.15) is 16.8 Å². The highest BCUT2D eigenvalue weighted by Crippen LogP contribution is 2.19. The Morgan fingerprint density at radius 3 is 2.83 bits per heavy atom. The van der Waals surface area contributed by atoms with Gasteiger partial charge in [-0.15, -0.1) is 11.3 Å². The summed E-state index contributed by atoms with van der Waals surface area (Å²) in [6.45, 7) is 6.20. The Kier molecular flexibility index (Phi) is 6.60. The minimum atomic E-state index is 0.714. The van der Waals surface area contributed by atoms with E-state index >= 15 is 0 Å². The molecule has 2 aromatic rings. The molecule has 1 aromatic heterocycles. The SMILES string of the molecule is COCCc1csc(NCc2ccccc2CN2CCOCC2)n1. The molecule has 0 radical (unpaired) electrons. The molecule has 1 aromatic carbocycles. The van der Waals surface area contributed by atoms with Crippen LogP contribution in [0, 0.1) is 0 Å². The Morgan fingerprint density at radius 1 is 1.25 bits per heavy atom. The quantitative estimate of drug-likeness (QED) is 0.796. The molecule has 0 saturated carbocycles. The summed E-state index contributed by atoms with van der Waals surface area (Å²) in [7, 11) is 1.72. The molecule has 0 amide bonds. The summed E-state index contributed by atoms with van der Waals surface area (Å²) in [6, 6.07) is 8.64. The van der Waals surface area contributed by atoms with Crippen LogP contribution < -0.4 is 5.32 Å².